The zero-order chi connectivity index (χ0) is 8.97. The molecule has 1 aromatic carbocycles. The fourth-order valence-electron chi connectivity index (χ4n) is 0.800. The summed E-state index contributed by atoms with van der Waals surface area (Å²) in [5, 5.41) is 9.52. The molecule has 0 heterocycles. The van der Waals surface area contributed by atoms with Crippen molar-refractivity contribution in [3.8, 4) is 5.75 Å². The Hall–Kier alpha value is -1.31. The van der Waals surface area contributed by atoms with Crippen molar-refractivity contribution in [3.63, 3.8) is 0 Å². The van der Waals surface area contributed by atoms with E-state index in [9.17, 15) is 4.79 Å². The molecule has 62 valence electrons. The number of isocyanates is 1. The molecule has 1 rings (SSSR count). The second-order valence-electron chi connectivity index (χ2n) is 2.18. The number of nitrogens with zero attached hydrogens (tertiary/aromatic N) is 1. The zero-order valence-corrected chi connectivity index (χ0v) is 6.88. The Balaban J connectivity index is 2.96. The maximum atomic E-state index is 9.78. The van der Waals surface area contributed by atoms with Gasteiger partial charge in [0.25, 0.3) is 0 Å². The summed E-state index contributed by atoms with van der Waals surface area (Å²) in [6.45, 7) is 0.150. The molecule has 0 aliphatic rings. The predicted octanol–water partition coefficient (Wildman–Crippen LogP) is 1.88. The molecule has 1 N–H and O–H groups in total. The summed E-state index contributed by atoms with van der Waals surface area (Å²) >= 11 is 5.73. The van der Waals surface area contributed by atoms with Gasteiger partial charge in [-0.05, 0) is 23.8 Å². The van der Waals surface area contributed by atoms with Crippen molar-refractivity contribution in [2.45, 2.75) is 6.54 Å². The number of aliphatic imine (C=N–C) groups is 1. The highest BCUT2D eigenvalue weighted by molar-refractivity contribution is 6.31. The third-order valence-electron chi connectivity index (χ3n) is 1.34. The SMILES string of the molecule is O=C=NCc1cc(O)ccc1Cl. The number of halogens is 1. The number of rotatable bonds is 2. The molecule has 0 spiro atoms. The topological polar surface area (TPSA) is 49.7 Å². The van der Waals surface area contributed by atoms with E-state index < -0.39 is 0 Å². The minimum Gasteiger partial charge on any atom is -0.508 e. The molecule has 4 heteroatoms. The summed E-state index contributed by atoms with van der Waals surface area (Å²) < 4.78 is 0. The van der Waals surface area contributed by atoms with E-state index in [0.29, 0.717) is 10.6 Å². The standard InChI is InChI=1S/C8H6ClNO2/c9-8-2-1-7(12)3-6(8)4-10-5-11/h1-3,12H,4H2. The van der Waals surface area contributed by atoms with Gasteiger partial charge >= 0.3 is 0 Å². The van der Waals surface area contributed by atoms with Gasteiger partial charge in [0.15, 0.2) is 0 Å². The van der Waals surface area contributed by atoms with Crippen LogP contribution in [0.15, 0.2) is 23.2 Å². The molecule has 0 bridgehead atoms. The van der Waals surface area contributed by atoms with Crippen LogP contribution in [0.3, 0.4) is 0 Å². The molecule has 0 unspecified atom stereocenters. The van der Waals surface area contributed by atoms with E-state index in [1.54, 1.807) is 6.07 Å². The van der Waals surface area contributed by atoms with Gasteiger partial charge in [-0.25, -0.2) is 9.79 Å². The molecule has 0 saturated heterocycles. The quantitative estimate of drug-likeness (QED) is 0.562. The van der Waals surface area contributed by atoms with Gasteiger partial charge < -0.3 is 5.11 Å². The minimum absolute atomic E-state index is 0.107. The number of benzene rings is 1. The lowest BCUT2D eigenvalue weighted by atomic mass is 10.2. The van der Waals surface area contributed by atoms with E-state index in [-0.39, 0.29) is 12.3 Å². The fourth-order valence-corrected chi connectivity index (χ4v) is 0.977. The highest BCUT2D eigenvalue weighted by Gasteiger charge is 1.99. The van der Waals surface area contributed by atoms with Crippen LogP contribution in [0.2, 0.25) is 5.02 Å². The second kappa shape index (κ2) is 3.90. The van der Waals surface area contributed by atoms with Gasteiger partial charge in [-0.2, -0.15) is 0 Å². The van der Waals surface area contributed by atoms with Crippen LogP contribution in [0.5, 0.6) is 5.75 Å². The minimum atomic E-state index is 0.107. The van der Waals surface area contributed by atoms with Crippen molar-refractivity contribution in [1.29, 1.82) is 0 Å². The van der Waals surface area contributed by atoms with Gasteiger partial charge in [0.2, 0.25) is 6.08 Å². The smallest absolute Gasteiger partial charge is 0.235 e. The van der Waals surface area contributed by atoms with Crippen LogP contribution in [0.25, 0.3) is 0 Å². The van der Waals surface area contributed by atoms with Crippen LogP contribution >= 0.6 is 11.6 Å². The fraction of sp³-hybridized carbons (Fsp3) is 0.125. The summed E-state index contributed by atoms with van der Waals surface area (Å²) in [5.41, 5.74) is 0.611. The first-order chi connectivity index (χ1) is 5.74. The molecule has 0 fully saturated rings. The maximum Gasteiger partial charge on any atom is 0.235 e. The van der Waals surface area contributed by atoms with Gasteiger partial charge in [-0.3, -0.25) is 0 Å². The van der Waals surface area contributed by atoms with Crippen molar-refractivity contribution in [2.24, 2.45) is 4.99 Å². The maximum absolute atomic E-state index is 9.78. The molecule has 3 nitrogen and oxygen atoms in total. The van der Waals surface area contributed by atoms with Crippen LogP contribution in [0.4, 0.5) is 0 Å². The number of phenolic OH excluding ortho intramolecular Hbond substituents is 1. The van der Waals surface area contributed by atoms with Crippen LogP contribution < -0.4 is 0 Å². The monoisotopic (exact) mass is 183 g/mol. The number of phenols is 1. The average molecular weight is 184 g/mol. The van der Waals surface area contributed by atoms with Crippen molar-refractivity contribution < 1.29 is 9.90 Å². The second-order valence-corrected chi connectivity index (χ2v) is 2.59. The molecule has 0 aliphatic heterocycles. The lowest BCUT2D eigenvalue weighted by molar-refractivity contribution is 0.474. The van der Waals surface area contributed by atoms with E-state index in [1.807, 2.05) is 0 Å². The van der Waals surface area contributed by atoms with Crippen molar-refractivity contribution >= 4 is 17.7 Å². The zero-order valence-electron chi connectivity index (χ0n) is 6.12. The van der Waals surface area contributed by atoms with E-state index >= 15 is 0 Å². The van der Waals surface area contributed by atoms with E-state index in [2.05, 4.69) is 4.99 Å². The molecule has 0 aliphatic carbocycles. The Kier molecular flexibility index (Phi) is 2.86. The van der Waals surface area contributed by atoms with Crippen molar-refractivity contribution in [1.82, 2.24) is 0 Å². The third kappa shape index (κ3) is 2.09. The Labute approximate surface area is 74.3 Å². The average Bonchev–Trinajstić information content (AvgIpc) is 2.07. The molecule has 0 aromatic heterocycles. The van der Waals surface area contributed by atoms with Crippen LogP contribution in [0.1, 0.15) is 5.56 Å². The summed E-state index contributed by atoms with van der Waals surface area (Å²) in [6, 6.07) is 4.48. The Morgan fingerprint density at radius 1 is 1.58 bits per heavy atom. The summed E-state index contributed by atoms with van der Waals surface area (Å²) in [5.74, 6) is 0.107. The first-order valence-corrected chi connectivity index (χ1v) is 3.63. The highest BCUT2D eigenvalue weighted by Crippen LogP contribution is 2.21. The normalized spacial score (nSPS) is 9.08. The highest BCUT2D eigenvalue weighted by atomic mass is 35.5. The first-order valence-electron chi connectivity index (χ1n) is 3.25. The summed E-state index contributed by atoms with van der Waals surface area (Å²) in [6.07, 6.45) is 1.40. The Morgan fingerprint density at radius 3 is 3.00 bits per heavy atom. The lowest BCUT2D eigenvalue weighted by Crippen LogP contribution is -1.82. The van der Waals surface area contributed by atoms with Gasteiger partial charge in [0.05, 0.1) is 6.54 Å². The van der Waals surface area contributed by atoms with Gasteiger partial charge in [0, 0.05) is 5.02 Å². The number of aromatic hydroxyl groups is 1. The molecule has 12 heavy (non-hydrogen) atoms. The van der Waals surface area contributed by atoms with Crippen LogP contribution in [0, 0.1) is 0 Å². The largest absolute Gasteiger partial charge is 0.508 e. The van der Waals surface area contributed by atoms with E-state index in [4.69, 9.17) is 16.7 Å². The molecule has 1 aromatic rings. The first kappa shape index (κ1) is 8.78. The van der Waals surface area contributed by atoms with Crippen LogP contribution in [-0.2, 0) is 11.3 Å². The summed E-state index contributed by atoms with van der Waals surface area (Å²) in [4.78, 5) is 13.1. The number of carbonyl (C=O) groups excluding carboxylic acids is 1. The lowest BCUT2D eigenvalue weighted by Gasteiger charge is -1.99. The predicted molar refractivity (Wildman–Crippen MR) is 44.9 cm³/mol. The third-order valence-corrected chi connectivity index (χ3v) is 1.71. The Morgan fingerprint density at radius 2 is 2.33 bits per heavy atom. The van der Waals surface area contributed by atoms with Crippen molar-refractivity contribution in [2.75, 3.05) is 0 Å². The Bertz CT molecular complexity index is 332. The molecule has 0 amide bonds. The summed E-state index contributed by atoms with van der Waals surface area (Å²) in [7, 11) is 0. The van der Waals surface area contributed by atoms with Crippen molar-refractivity contribution in [3.05, 3.63) is 28.8 Å². The number of hydrogen-bond donors (Lipinski definition) is 1. The van der Waals surface area contributed by atoms with Gasteiger partial charge in [-0.15, -0.1) is 0 Å². The van der Waals surface area contributed by atoms with E-state index in [1.165, 1.54) is 18.2 Å². The molecule has 0 atom stereocenters. The van der Waals surface area contributed by atoms with Crippen LogP contribution in [-0.4, -0.2) is 11.2 Å². The molecule has 0 radical (unpaired) electrons. The van der Waals surface area contributed by atoms with Gasteiger partial charge in [-0.1, -0.05) is 11.6 Å². The number of hydrogen-bond acceptors (Lipinski definition) is 3. The molecular weight excluding hydrogens is 178 g/mol. The van der Waals surface area contributed by atoms with Gasteiger partial charge in [0.1, 0.15) is 5.75 Å². The molecule has 0 saturated carbocycles. The van der Waals surface area contributed by atoms with E-state index in [0.717, 1.165) is 0 Å². The molecular formula is C8H6ClNO2.